The van der Waals surface area contributed by atoms with E-state index in [4.69, 9.17) is 17.2 Å². The van der Waals surface area contributed by atoms with Crippen molar-refractivity contribution in [2.24, 2.45) is 23.1 Å². The van der Waals surface area contributed by atoms with Crippen molar-refractivity contribution in [1.82, 2.24) is 4.90 Å². The molecule has 17 heavy (non-hydrogen) atoms. The van der Waals surface area contributed by atoms with Crippen LogP contribution >= 0.6 is 0 Å². The van der Waals surface area contributed by atoms with Gasteiger partial charge >= 0.3 is 6.18 Å². The highest BCUT2D eigenvalue weighted by Crippen LogP contribution is 2.34. The maximum Gasteiger partial charge on any atom is 0.391 e. The molecule has 0 aromatic heterocycles. The van der Waals surface area contributed by atoms with Crippen LogP contribution < -0.4 is 17.2 Å². The number of hydrogen-bond acceptors (Lipinski definition) is 4. The van der Waals surface area contributed by atoms with Crippen molar-refractivity contribution in [2.75, 3.05) is 13.1 Å². The average Bonchev–Trinajstić information content (AvgIpc) is 2.25. The molecule has 0 atom stereocenters. The number of alkyl halides is 3. The molecule has 1 aliphatic heterocycles. The van der Waals surface area contributed by atoms with Crippen LogP contribution in [-0.2, 0) is 0 Å². The van der Waals surface area contributed by atoms with Gasteiger partial charge < -0.3 is 22.1 Å². The molecule has 0 spiro atoms. The largest absolute Gasteiger partial charge is 0.391 e. The predicted molar refractivity (Wildman–Crippen MR) is 59.1 cm³/mol. The Labute approximate surface area is 97.9 Å². The Hall–Kier alpha value is -1.53. The number of nitrogens with two attached hydrogens (primary N) is 3. The average molecular weight is 250 g/mol. The second-order valence-corrected chi connectivity index (χ2v) is 4.06. The monoisotopic (exact) mass is 250 g/mol. The van der Waals surface area contributed by atoms with E-state index in [9.17, 15) is 13.2 Å². The Kier molecular flexibility index (Phi) is 4.14. The second kappa shape index (κ2) is 5.20. The fraction of sp³-hybridized carbons (Fsp3) is 0.600. The third-order valence-electron chi connectivity index (χ3n) is 2.77. The molecule has 6 N–H and O–H groups in total. The van der Waals surface area contributed by atoms with Gasteiger partial charge in [0.2, 0.25) is 0 Å². The molecule has 0 aliphatic carbocycles. The number of piperidine rings is 1. The maximum absolute atomic E-state index is 12.4. The number of halogens is 3. The minimum Gasteiger partial charge on any atom is -0.386 e. The zero-order valence-electron chi connectivity index (χ0n) is 9.37. The Morgan fingerprint density at radius 3 is 2.00 bits per heavy atom. The topological polar surface area (TPSA) is 81.3 Å². The molecule has 0 radical (unpaired) electrons. The van der Waals surface area contributed by atoms with Crippen LogP contribution in [0.3, 0.4) is 0 Å². The van der Waals surface area contributed by atoms with Crippen molar-refractivity contribution in [1.29, 1.82) is 0 Å². The molecule has 4 nitrogen and oxygen atoms in total. The van der Waals surface area contributed by atoms with E-state index in [1.807, 2.05) is 0 Å². The summed E-state index contributed by atoms with van der Waals surface area (Å²) in [5.74, 6) is -0.723. The van der Waals surface area contributed by atoms with E-state index >= 15 is 0 Å². The van der Waals surface area contributed by atoms with Crippen molar-refractivity contribution >= 4 is 0 Å². The van der Waals surface area contributed by atoms with E-state index in [0.29, 0.717) is 18.9 Å². The third kappa shape index (κ3) is 4.08. The molecule has 0 amide bonds. The molecule has 1 heterocycles. The molecule has 0 aromatic carbocycles. The Morgan fingerprint density at radius 2 is 1.59 bits per heavy atom. The molecular weight excluding hydrogens is 233 g/mol. The lowest BCUT2D eigenvalue weighted by Gasteiger charge is -2.34. The van der Waals surface area contributed by atoms with Crippen LogP contribution in [0.5, 0.6) is 0 Å². The lowest BCUT2D eigenvalue weighted by molar-refractivity contribution is -0.184. The Balaban J connectivity index is 2.52. The van der Waals surface area contributed by atoms with Crippen molar-refractivity contribution in [3.63, 3.8) is 0 Å². The normalized spacial score (nSPS) is 19.2. The number of nitrogens with zero attached hydrogens (tertiary/aromatic N) is 1. The van der Waals surface area contributed by atoms with E-state index in [1.54, 1.807) is 4.90 Å². The van der Waals surface area contributed by atoms with Gasteiger partial charge in [0.15, 0.2) is 0 Å². The van der Waals surface area contributed by atoms with Gasteiger partial charge in [0.05, 0.1) is 17.6 Å². The molecular formula is C10H17F3N4. The zero-order valence-corrected chi connectivity index (χ0v) is 9.37. The van der Waals surface area contributed by atoms with Crippen molar-refractivity contribution in [3.8, 4) is 0 Å². The van der Waals surface area contributed by atoms with Gasteiger partial charge in [0, 0.05) is 13.1 Å². The fourth-order valence-corrected chi connectivity index (χ4v) is 1.75. The van der Waals surface area contributed by atoms with Gasteiger partial charge in [0.25, 0.3) is 0 Å². The fourth-order valence-electron chi connectivity index (χ4n) is 1.75. The third-order valence-corrected chi connectivity index (χ3v) is 2.77. The van der Waals surface area contributed by atoms with Gasteiger partial charge in [-0.15, -0.1) is 0 Å². The van der Waals surface area contributed by atoms with Gasteiger partial charge in [0.1, 0.15) is 0 Å². The van der Waals surface area contributed by atoms with Crippen LogP contribution in [-0.4, -0.2) is 24.2 Å². The summed E-state index contributed by atoms with van der Waals surface area (Å²) in [5.41, 5.74) is 16.1. The molecule has 0 unspecified atom stereocenters. The molecule has 0 bridgehead atoms. The first-order valence-electron chi connectivity index (χ1n) is 5.30. The summed E-state index contributed by atoms with van der Waals surface area (Å²) >= 11 is 0. The quantitative estimate of drug-likeness (QED) is 0.634. The first-order valence-corrected chi connectivity index (χ1v) is 5.30. The Morgan fingerprint density at radius 1 is 1.06 bits per heavy atom. The van der Waals surface area contributed by atoms with Gasteiger partial charge in [-0.25, -0.2) is 0 Å². The summed E-state index contributed by atoms with van der Waals surface area (Å²) < 4.78 is 37.2. The van der Waals surface area contributed by atoms with Crippen LogP contribution in [0.2, 0.25) is 0 Å². The van der Waals surface area contributed by atoms with Crippen molar-refractivity contribution < 1.29 is 13.2 Å². The molecule has 0 saturated carbocycles. The van der Waals surface area contributed by atoms with Crippen molar-refractivity contribution in [2.45, 2.75) is 19.0 Å². The Bertz CT molecular complexity index is 310. The minimum absolute atomic E-state index is 0.0693. The van der Waals surface area contributed by atoms with E-state index in [0.717, 1.165) is 0 Å². The van der Waals surface area contributed by atoms with E-state index in [2.05, 4.69) is 0 Å². The first kappa shape index (κ1) is 13.5. The highest BCUT2D eigenvalue weighted by molar-refractivity contribution is 5.12. The minimum atomic E-state index is -4.11. The summed E-state index contributed by atoms with van der Waals surface area (Å²) in [6, 6.07) is 0. The van der Waals surface area contributed by atoms with Crippen LogP contribution in [0, 0.1) is 5.92 Å². The lowest BCUT2D eigenvalue weighted by Crippen LogP contribution is -2.40. The van der Waals surface area contributed by atoms with Crippen LogP contribution in [0.25, 0.3) is 0 Å². The van der Waals surface area contributed by atoms with Crippen molar-refractivity contribution in [3.05, 3.63) is 23.8 Å². The summed E-state index contributed by atoms with van der Waals surface area (Å²) in [4.78, 5) is 1.70. The van der Waals surface area contributed by atoms with E-state index < -0.39 is 12.1 Å². The van der Waals surface area contributed by atoms with Gasteiger partial charge in [-0.2, -0.15) is 13.2 Å². The van der Waals surface area contributed by atoms with Crippen LogP contribution in [0.15, 0.2) is 23.8 Å². The molecule has 1 rings (SSSR count). The maximum atomic E-state index is 12.4. The highest BCUT2D eigenvalue weighted by Gasteiger charge is 2.41. The van der Waals surface area contributed by atoms with E-state index in [-0.39, 0.29) is 18.7 Å². The first-order chi connectivity index (χ1) is 7.80. The standard InChI is InChI=1S/C10H17F3N4/c11-10(12,13)7-3-5-17(6-4-7)9(16)2-1-8(14)15/h1-2,7H,3-6,14-16H2/b9-2+. The number of likely N-dealkylation sites (tertiary alicyclic amines) is 1. The summed E-state index contributed by atoms with van der Waals surface area (Å²) in [5, 5.41) is 0. The molecule has 98 valence electrons. The predicted octanol–water partition coefficient (Wildman–Crippen LogP) is 0.820. The molecule has 1 aliphatic rings. The highest BCUT2D eigenvalue weighted by atomic mass is 19.4. The molecule has 1 fully saturated rings. The molecule has 7 heteroatoms. The van der Waals surface area contributed by atoms with Gasteiger partial charge in [-0.05, 0) is 25.0 Å². The smallest absolute Gasteiger partial charge is 0.386 e. The van der Waals surface area contributed by atoms with Crippen LogP contribution in [0.1, 0.15) is 12.8 Å². The number of hydrogen-bond donors (Lipinski definition) is 3. The second-order valence-electron chi connectivity index (χ2n) is 4.06. The van der Waals surface area contributed by atoms with Gasteiger partial charge in [-0.3, -0.25) is 0 Å². The number of allylic oxidation sites excluding steroid dienone is 2. The summed E-state index contributed by atoms with van der Waals surface area (Å²) in [6.07, 6.45) is -1.04. The lowest BCUT2D eigenvalue weighted by atomic mass is 9.96. The molecule has 1 saturated heterocycles. The summed E-state index contributed by atoms with van der Waals surface area (Å²) in [6.45, 7) is 0.593. The zero-order chi connectivity index (χ0) is 13.1. The summed E-state index contributed by atoms with van der Waals surface area (Å²) in [7, 11) is 0. The molecule has 0 aromatic rings. The van der Waals surface area contributed by atoms with Gasteiger partial charge in [-0.1, -0.05) is 0 Å². The SMILES string of the molecule is NC(N)=C/C=C(\N)N1CCC(C(F)(F)F)CC1. The number of rotatable bonds is 2. The van der Waals surface area contributed by atoms with E-state index in [1.165, 1.54) is 12.2 Å². The van der Waals surface area contributed by atoms with Crippen LogP contribution in [0.4, 0.5) is 13.2 Å².